The summed E-state index contributed by atoms with van der Waals surface area (Å²) in [6, 6.07) is 17.2. The minimum absolute atomic E-state index is 0.166. The van der Waals surface area contributed by atoms with Gasteiger partial charge in [-0.05, 0) is 73.3 Å². The van der Waals surface area contributed by atoms with Crippen molar-refractivity contribution < 1.29 is 14.3 Å². The highest BCUT2D eigenvalue weighted by atomic mass is 79.9. The molecule has 122 valence electrons. The topological polar surface area (TPSA) is 35.5 Å². The van der Waals surface area contributed by atoms with Crippen LogP contribution in [-0.2, 0) is 4.79 Å². The van der Waals surface area contributed by atoms with E-state index >= 15 is 0 Å². The minimum atomic E-state index is -0.460. The maximum Gasteiger partial charge on any atom is 0.349 e. The van der Waals surface area contributed by atoms with Gasteiger partial charge < -0.3 is 9.47 Å². The van der Waals surface area contributed by atoms with Gasteiger partial charge in [0.15, 0.2) is 6.61 Å². The average Bonchev–Trinajstić information content (AvgIpc) is 2.57. The normalized spacial score (nSPS) is 10.6. The summed E-state index contributed by atoms with van der Waals surface area (Å²) in [6.45, 7) is 1.82. The average molecular weight is 450 g/mol. The molecular weight excluding hydrogens is 436 g/mol. The summed E-state index contributed by atoms with van der Waals surface area (Å²) >= 11 is 6.92. The Balaban J connectivity index is 1.70. The second-order valence-corrected chi connectivity index (χ2v) is 6.94. The summed E-state index contributed by atoms with van der Waals surface area (Å²) < 4.78 is 12.5. The quantitative estimate of drug-likeness (QED) is 0.381. The van der Waals surface area contributed by atoms with Crippen molar-refractivity contribution in [1.82, 2.24) is 0 Å². The van der Waals surface area contributed by atoms with Crippen LogP contribution in [0.25, 0.3) is 10.8 Å². The number of esters is 1. The lowest BCUT2D eigenvalue weighted by Crippen LogP contribution is -2.18. The van der Waals surface area contributed by atoms with E-state index in [1.807, 2.05) is 55.5 Å². The highest BCUT2D eigenvalue weighted by molar-refractivity contribution is 9.11. The van der Waals surface area contributed by atoms with E-state index in [-0.39, 0.29) is 6.61 Å². The number of hydrogen-bond acceptors (Lipinski definition) is 3. The van der Waals surface area contributed by atoms with Gasteiger partial charge in [0, 0.05) is 0 Å². The van der Waals surface area contributed by atoms with Gasteiger partial charge in [0.2, 0.25) is 0 Å². The Morgan fingerprint density at radius 2 is 1.75 bits per heavy atom. The molecule has 0 N–H and O–H groups in total. The lowest BCUT2D eigenvalue weighted by atomic mass is 10.1. The lowest BCUT2D eigenvalue weighted by molar-refractivity contribution is -0.136. The third-order valence-corrected chi connectivity index (χ3v) is 4.92. The molecule has 3 aromatic carbocycles. The number of hydrogen-bond donors (Lipinski definition) is 0. The van der Waals surface area contributed by atoms with Gasteiger partial charge in [0.05, 0.1) is 8.95 Å². The van der Waals surface area contributed by atoms with Gasteiger partial charge >= 0.3 is 5.97 Å². The minimum Gasteiger partial charge on any atom is -0.481 e. The zero-order valence-electron chi connectivity index (χ0n) is 12.9. The fourth-order valence-corrected chi connectivity index (χ4v) is 3.49. The SMILES string of the molecule is Cc1ccc(OCC(=O)Oc2ccc3ccccc3c2Br)c(Br)c1. The van der Waals surface area contributed by atoms with E-state index in [0.717, 1.165) is 25.3 Å². The molecular formula is C19H14Br2O3. The molecule has 0 saturated carbocycles. The van der Waals surface area contributed by atoms with Gasteiger partial charge in [0.25, 0.3) is 0 Å². The van der Waals surface area contributed by atoms with Crippen LogP contribution in [0.2, 0.25) is 0 Å². The van der Waals surface area contributed by atoms with Crippen molar-refractivity contribution in [3.8, 4) is 11.5 Å². The predicted molar refractivity (Wildman–Crippen MR) is 102 cm³/mol. The van der Waals surface area contributed by atoms with Crippen LogP contribution >= 0.6 is 31.9 Å². The first-order chi connectivity index (χ1) is 11.5. The molecule has 0 radical (unpaired) electrons. The Hall–Kier alpha value is -1.85. The maximum absolute atomic E-state index is 12.1. The molecule has 3 rings (SSSR count). The first-order valence-corrected chi connectivity index (χ1v) is 8.90. The number of rotatable bonds is 4. The van der Waals surface area contributed by atoms with E-state index < -0.39 is 5.97 Å². The van der Waals surface area contributed by atoms with Crippen molar-refractivity contribution in [2.24, 2.45) is 0 Å². The fraction of sp³-hybridized carbons (Fsp3) is 0.105. The van der Waals surface area contributed by atoms with E-state index in [9.17, 15) is 4.79 Å². The third kappa shape index (κ3) is 3.79. The van der Waals surface area contributed by atoms with Crippen molar-refractivity contribution in [1.29, 1.82) is 0 Å². The summed E-state index contributed by atoms with van der Waals surface area (Å²) in [5.74, 6) is 0.624. The molecule has 0 aliphatic heterocycles. The number of fused-ring (bicyclic) bond motifs is 1. The maximum atomic E-state index is 12.1. The standard InChI is InChI=1S/C19H14Br2O3/c1-12-6-8-16(15(20)10-12)23-11-18(22)24-17-9-7-13-4-2-3-5-14(13)19(17)21/h2-10H,11H2,1H3. The molecule has 0 amide bonds. The molecule has 0 bridgehead atoms. The first-order valence-electron chi connectivity index (χ1n) is 7.31. The van der Waals surface area contributed by atoms with Crippen LogP contribution in [0, 0.1) is 6.92 Å². The molecule has 0 spiro atoms. The van der Waals surface area contributed by atoms with Crippen LogP contribution in [-0.4, -0.2) is 12.6 Å². The fourth-order valence-electron chi connectivity index (χ4n) is 2.30. The van der Waals surface area contributed by atoms with E-state index in [0.29, 0.717) is 11.5 Å². The number of aryl methyl sites for hydroxylation is 1. The third-order valence-electron chi connectivity index (χ3n) is 3.48. The Labute approximate surface area is 156 Å². The van der Waals surface area contributed by atoms with Gasteiger partial charge in [-0.1, -0.05) is 36.4 Å². The second kappa shape index (κ2) is 7.36. The molecule has 24 heavy (non-hydrogen) atoms. The molecule has 0 aromatic heterocycles. The number of carbonyl (C=O) groups is 1. The van der Waals surface area contributed by atoms with E-state index in [4.69, 9.17) is 9.47 Å². The van der Waals surface area contributed by atoms with Gasteiger partial charge in [-0.3, -0.25) is 0 Å². The molecule has 5 heteroatoms. The Morgan fingerprint density at radius 1 is 1.00 bits per heavy atom. The number of halogens is 2. The van der Waals surface area contributed by atoms with E-state index in [1.54, 1.807) is 6.07 Å². The monoisotopic (exact) mass is 448 g/mol. The second-order valence-electron chi connectivity index (χ2n) is 5.30. The highest BCUT2D eigenvalue weighted by Gasteiger charge is 2.12. The molecule has 0 aliphatic rings. The Kier molecular flexibility index (Phi) is 5.21. The number of ether oxygens (including phenoxy) is 2. The lowest BCUT2D eigenvalue weighted by Gasteiger charge is -2.11. The van der Waals surface area contributed by atoms with Crippen molar-refractivity contribution in [3.05, 3.63) is 69.1 Å². The van der Waals surface area contributed by atoms with Gasteiger partial charge in [0.1, 0.15) is 11.5 Å². The van der Waals surface area contributed by atoms with Crippen LogP contribution in [0.5, 0.6) is 11.5 Å². The van der Waals surface area contributed by atoms with Crippen molar-refractivity contribution >= 4 is 48.6 Å². The van der Waals surface area contributed by atoms with Crippen LogP contribution in [0.1, 0.15) is 5.56 Å². The molecule has 3 nitrogen and oxygen atoms in total. The van der Waals surface area contributed by atoms with E-state index in [1.165, 1.54) is 0 Å². The van der Waals surface area contributed by atoms with Crippen LogP contribution in [0.4, 0.5) is 0 Å². The summed E-state index contributed by atoms with van der Waals surface area (Å²) in [7, 11) is 0. The van der Waals surface area contributed by atoms with Crippen LogP contribution in [0.3, 0.4) is 0 Å². The molecule has 0 fully saturated rings. The summed E-state index contributed by atoms with van der Waals surface area (Å²) in [5.41, 5.74) is 1.11. The molecule has 0 saturated heterocycles. The number of carbonyl (C=O) groups excluding carboxylic acids is 1. The molecule has 0 aliphatic carbocycles. The Bertz CT molecular complexity index is 906. The van der Waals surface area contributed by atoms with Crippen molar-refractivity contribution in [2.75, 3.05) is 6.61 Å². The van der Waals surface area contributed by atoms with Crippen molar-refractivity contribution in [2.45, 2.75) is 6.92 Å². The number of benzene rings is 3. The molecule has 0 unspecified atom stereocenters. The zero-order valence-corrected chi connectivity index (χ0v) is 16.1. The first kappa shape index (κ1) is 17.0. The van der Waals surface area contributed by atoms with Gasteiger partial charge in [-0.15, -0.1) is 0 Å². The van der Waals surface area contributed by atoms with Crippen LogP contribution in [0.15, 0.2) is 63.5 Å². The van der Waals surface area contributed by atoms with Gasteiger partial charge in [-0.25, -0.2) is 4.79 Å². The molecule has 0 heterocycles. The van der Waals surface area contributed by atoms with Crippen molar-refractivity contribution in [3.63, 3.8) is 0 Å². The predicted octanol–water partition coefficient (Wildman–Crippen LogP) is 5.66. The summed E-state index contributed by atoms with van der Waals surface area (Å²) in [4.78, 5) is 12.1. The molecule has 0 atom stereocenters. The van der Waals surface area contributed by atoms with E-state index in [2.05, 4.69) is 31.9 Å². The zero-order chi connectivity index (χ0) is 17.1. The largest absolute Gasteiger partial charge is 0.481 e. The van der Waals surface area contributed by atoms with Gasteiger partial charge in [-0.2, -0.15) is 0 Å². The Morgan fingerprint density at radius 3 is 2.54 bits per heavy atom. The highest BCUT2D eigenvalue weighted by Crippen LogP contribution is 2.33. The summed E-state index contributed by atoms with van der Waals surface area (Å²) in [5, 5.41) is 2.06. The molecule has 3 aromatic rings. The summed E-state index contributed by atoms with van der Waals surface area (Å²) in [6.07, 6.45) is 0. The smallest absolute Gasteiger partial charge is 0.349 e. The van der Waals surface area contributed by atoms with Crippen LogP contribution < -0.4 is 9.47 Å².